The van der Waals surface area contributed by atoms with Crippen LogP contribution in [0.5, 0.6) is 0 Å². The highest BCUT2D eigenvalue weighted by atomic mass is 32.1. The van der Waals surface area contributed by atoms with Gasteiger partial charge in [-0.2, -0.15) is 0 Å². The van der Waals surface area contributed by atoms with E-state index in [2.05, 4.69) is 54.8 Å². The molecule has 1 atom stereocenters. The second-order valence-corrected chi connectivity index (χ2v) is 6.08. The zero-order chi connectivity index (χ0) is 14.4. The summed E-state index contributed by atoms with van der Waals surface area (Å²) < 4.78 is 1.32. The van der Waals surface area contributed by atoms with Crippen molar-refractivity contribution in [1.82, 2.24) is 10.6 Å². The molecule has 1 amide bonds. The number of hydrogen-bond donors (Lipinski definition) is 2. The van der Waals surface area contributed by atoms with Crippen LogP contribution in [0.25, 0.3) is 10.1 Å². The van der Waals surface area contributed by atoms with Crippen LogP contribution in [0.2, 0.25) is 0 Å². The molecule has 2 rings (SSSR count). The van der Waals surface area contributed by atoms with E-state index < -0.39 is 0 Å². The first kappa shape index (κ1) is 15.0. The molecule has 1 aromatic carbocycles. The van der Waals surface area contributed by atoms with Crippen molar-refractivity contribution in [1.29, 1.82) is 0 Å². The maximum atomic E-state index is 11.5. The normalized spacial score (nSPS) is 12.5. The maximum absolute atomic E-state index is 11.5. The van der Waals surface area contributed by atoms with Crippen LogP contribution in [0.4, 0.5) is 0 Å². The van der Waals surface area contributed by atoms with E-state index in [-0.39, 0.29) is 11.9 Å². The second kappa shape index (κ2) is 7.41. The lowest BCUT2D eigenvalue weighted by Gasteiger charge is -2.11. The molecular formula is C16H22N2OS. The van der Waals surface area contributed by atoms with E-state index in [0.717, 1.165) is 13.0 Å². The number of hydrogen-bond acceptors (Lipinski definition) is 3. The predicted molar refractivity (Wildman–Crippen MR) is 86.2 cm³/mol. The number of nitrogens with one attached hydrogen (secondary N) is 2. The zero-order valence-corrected chi connectivity index (χ0v) is 12.9. The van der Waals surface area contributed by atoms with Crippen molar-refractivity contribution in [2.24, 2.45) is 0 Å². The Morgan fingerprint density at radius 1 is 1.30 bits per heavy atom. The summed E-state index contributed by atoms with van der Waals surface area (Å²) >= 11 is 1.82. The van der Waals surface area contributed by atoms with Crippen molar-refractivity contribution >= 4 is 27.3 Å². The highest BCUT2D eigenvalue weighted by molar-refractivity contribution is 7.19. The van der Waals surface area contributed by atoms with Crippen molar-refractivity contribution in [2.75, 3.05) is 13.1 Å². The van der Waals surface area contributed by atoms with Crippen LogP contribution < -0.4 is 10.6 Å². The first-order valence-electron chi connectivity index (χ1n) is 7.19. The van der Waals surface area contributed by atoms with Crippen molar-refractivity contribution in [2.45, 2.75) is 32.7 Å². The Labute approximate surface area is 124 Å². The predicted octanol–water partition coefficient (Wildman–Crippen LogP) is 3.47. The molecule has 2 N–H and O–H groups in total. The minimum absolute atomic E-state index is 0.128. The van der Waals surface area contributed by atoms with E-state index in [1.54, 1.807) is 0 Å². The highest BCUT2D eigenvalue weighted by Crippen LogP contribution is 2.29. The Morgan fingerprint density at radius 2 is 2.10 bits per heavy atom. The fourth-order valence-electron chi connectivity index (χ4n) is 2.07. The topological polar surface area (TPSA) is 41.1 Å². The monoisotopic (exact) mass is 290 g/mol. The lowest BCUT2D eigenvalue weighted by molar-refractivity contribution is -0.121. The SMILES string of the molecule is CCCNC(=O)CCNC(C)c1cc2ccccc2s1. The third-order valence-corrected chi connectivity index (χ3v) is 4.54. The lowest BCUT2D eigenvalue weighted by atomic mass is 10.2. The molecule has 0 aliphatic rings. The molecule has 1 heterocycles. The minimum atomic E-state index is 0.128. The molecule has 0 saturated carbocycles. The van der Waals surface area contributed by atoms with Crippen LogP contribution in [0.15, 0.2) is 30.3 Å². The summed E-state index contributed by atoms with van der Waals surface area (Å²) in [5.41, 5.74) is 0. The van der Waals surface area contributed by atoms with E-state index in [0.29, 0.717) is 13.0 Å². The van der Waals surface area contributed by atoms with Gasteiger partial charge in [0.2, 0.25) is 5.91 Å². The van der Waals surface area contributed by atoms with Crippen LogP contribution in [-0.2, 0) is 4.79 Å². The Kier molecular flexibility index (Phi) is 5.56. The van der Waals surface area contributed by atoms with Gasteiger partial charge in [-0.15, -0.1) is 11.3 Å². The number of rotatable bonds is 7. The second-order valence-electron chi connectivity index (χ2n) is 4.96. The molecule has 0 bridgehead atoms. The van der Waals surface area contributed by atoms with E-state index in [4.69, 9.17) is 0 Å². The van der Waals surface area contributed by atoms with Gasteiger partial charge in [-0.25, -0.2) is 0 Å². The maximum Gasteiger partial charge on any atom is 0.221 e. The molecule has 108 valence electrons. The molecule has 0 radical (unpaired) electrons. The molecule has 0 fully saturated rings. The van der Waals surface area contributed by atoms with E-state index in [1.165, 1.54) is 15.0 Å². The van der Waals surface area contributed by atoms with Gasteiger partial charge in [0.15, 0.2) is 0 Å². The largest absolute Gasteiger partial charge is 0.356 e. The fraction of sp³-hybridized carbons (Fsp3) is 0.438. The van der Waals surface area contributed by atoms with Crippen molar-refractivity contribution < 1.29 is 4.79 Å². The molecule has 0 aliphatic heterocycles. The molecule has 20 heavy (non-hydrogen) atoms. The number of fused-ring (bicyclic) bond motifs is 1. The van der Waals surface area contributed by atoms with Crippen LogP contribution in [0.1, 0.15) is 37.6 Å². The van der Waals surface area contributed by atoms with Crippen LogP contribution in [0, 0.1) is 0 Å². The third-order valence-electron chi connectivity index (χ3n) is 3.25. The first-order valence-corrected chi connectivity index (χ1v) is 8.01. The summed E-state index contributed by atoms with van der Waals surface area (Å²) in [5.74, 6) is 0.128. The number of thiophene rings is 1. The van der Waals surface area contributed by atoms with Gasteiger partial charge in [-0.05, 0) is 30.9 Å². The molecule has 1 aromatic heterocycles. The minimum Gasteiger partial charge on any atom is -0.356 e. The summed E-state index contributed by atoms with van der Waals surface area (Å²) in [6.07, 6.45) is 1.52. The van der Waals surface area contributed by atoms with Crippen LogP contribution >= 0.6 is 11.3 Å². The quantitative estimate of drug-likeness (QED) is 0.820. The van der Waals surface area contributed by atoms with Crippen LogP contribution in [-0.4, -0.2) is 19.0 Å². The number of carbonyl (C=O) groups excluding carboxylic acids is 1. The standard InChI is InChI=1S/C16H22N2OS/c1-3-9-18-16(19)8-10-17-12(2)15-11-13-6-4-5-7-14(13)20-15/h4-7,11-12,17H,3,8-10H2,1-2H3,(H,18,19). The fourth-order valence-corrected chi connectivity index (χ4v) is 3.16. The highest BCUT2D eigenvalue weighted by Gasteiger charge is 2.09. The van der Waals surface area contributed by atoms with Gasteiger partial charge in [0, 0.05) is 35.1 Å². The van der Waals surface area contributed by atoms with Gasteiger partial charge in [-0.3, -0.25) is 4.79 Å². The Balaban J connectivity index is 1.82. The van der Waals surface area contributed by atoms with Gasteiger partial charge in [0.25, 0.3) is 0 Å². The van der Waals surface area contributed by atoms with Crippen LogP contribution in [0.3, 0.4) is 0 Å². The number of benzene rings is 1. The van der Waals surface area contributed by atoms with Gasteiger partial charge < -0.3 is 10.6 Å². The van der Waals surface area contributed by atoms with E-state index >= 15 is 0 Å². The average molecular weight is 290 g/mol. The van der Waals surface area contributed by atoms with Gasteiger partial charge >= 0.3 is 0 Å². The number of amides is 1. The van der Waals surface area contributed by atoms with Gasteiger partial charge in [-0.1, -0.05) is 25.1 Å². The number of carbonyl (C=O) groups is 1. The average Bonchev–Trinajstić information content (AvgIpc) is 2.89. The summed E-state index contributed by atoms with van der Waals surface area (Å²) in [6, 6.07) is 10.9. The first-order chi connectivity index (χ1) is 9.70. The van der Waals surface area contributed by atoms with E-state index in [9.17, 15) is 4.79 Å². The Bertz CT molecular complexity index is 531. The zero-order valence-electron chi connectivity index (χ0n) is 12.1. The van der Waals surface area contributed by atoms with Gasteiger partial charge in [0.05, 0.1) is 0 Å². The van der Waals surface area contributed by atoms with Gasteiger partial charge in [0.1, 0.15) is 0 Å². The summed E-state index contributed by atoms with van der Waals surface area (Å²) in [6.45, 7) is 5.69. The van der Waals surface area contributed by atoms with Crippen molar-refractivity contribution in [3.8, 4) is 0 Å². The van der Waals surface area contributed by atoms with Crippen molar-refractivity contribution in [3.63, 3.8) is 0 Å². The molecule has 0 saturated heterocycles. The molecule has 0 aliphatic carbocycles. The molecule has 3 nitrogen and oxygen atoms in total. The van der Waals surface area contributed by atoms with Crippen molar-refractivity contribution in [3.05, 3.63) is 35.2 Å². The molecule has 4 heteroatoms. The Hall–Kier alpha value is -1.39. The molecular weight excluding hydrogens is 268 g/mol. The molecule has 1 unspecified atom stereocenters. The summed E-state index contributed by atoms with van der Waals surface area (Å²) in [5, 5.41) is 7.60. The molecule has 2 aromatic rings. The summed E-state index contributed by atoms with van der Waals surface area (Å²) in [4.78, 5) is 12.8. The molecule has 0 spiro atoms. The van der Waals surface area contributed by atoms with E-state index in [1.807, 2.05) is 11.3 Å². The smallest absolute Gasteiger partial charge is 0.221 e. The Morgan fingerprint density at radius 3 is 2.85 bits per heavy atom. The third kappa shape index (κ3) is 4.05. The lowest BCUT2D eigenvalue weighted by Crippen LogP contribution is -2.29. The summed E-state index contributed by atoms with van der Waals surface area (Å²) in [7, 11) is 0.